The Kier molecular flexibility index (Phi) is 6.06. The van der Waals surface area contributed by atoms with Gasteiger partial charge in [-0.1, -0.05) is 13.3 Å². The van der Waals surface area contributed by atoms with Crippen LogP contribution in [-0.2, 0) is 9.53 Å². The summed E-state index contributed by atoms with van der Waals surface area (Å²) in [6, 6.07) is 0.523. The smallest absolute Gasteiger partial charge is 0.325 e. The molecule has 0 spiro atoms. The fraction of sp³-hybridized carbons (Fsp3) is 0.941. The second-order valence-corrected chi connectivity index (χ2v) is 7.09. The molecule has 0 radical (unpaired) electrons. The van der Waals surface area contributed by atoms with E-state index in [-0.39, 0.29) is 5.97 Å². The van der Waals surface area contributed by atoms with Gasteiger partial charge >= 0.3 is 5.97 Å². The third-order valence-corrected chi connectivity index (χ3v) is 4.95. The highest BCUT2D eigenvalue weighted by Crippen LogP contribution is 2.26. The zero-order valence-electron chi connectivity index (χ0n) is 14.0. The lowest BCUT2D eigenvalue weighted by Gasteiger charge is -2.29. The van der Waals surface area contributed by atoms with Gasteiger partial charge in [0.2, 0.25) is 0 Å². The van der Waals surface area contributed by atoms with E-state index in [2.05, 4.69) is 17.1 Å². The first-order chi connectivity index (χ1) is 10.1. The number of ether oxygens (including phenoxy) is 1. The number of esters is 1. The largest absolute Gasteiger partial charge is 0.468 e. The second kappa shape index (κ2) is 7.59. The summed E-state index contributed by atoms with van der Waals surface area (Å²) in [5.41, 5.74) is -0.502. The van der Waals surface area contributed by atoms with E-state index in [1.54, 1.807) is 0 Å². The quantitative estimate of drug-likeness (QED) is 0.664. The summed E-state index contributed by atoms with van der Waals surface area (Å²) in [6.45, 7) is 7.86. The zero-order chi connectivity index (χ0) is 15.3. The second-order valence-electron chi connectivity index (χ2n) is 7.09. The number of rotatable bonds is 9. The molecular formula is C17H32N2O2. The number of methoxy groups -OCH3 is 1. The van der Waals surface area contributed by atoms with E-state index in [0.29, 0.717) is 6.04 Å². The van der Waals surface area contributed by atoms with E-state index in [0.717, 1.165) is 25.3 Å². The van der Waals surface area contributed by atoms with Crippen LogP contribution in [0.5, 0.6) is 0 Å². The van der Waals surface area contributed by atoms with Crippen LogP contribution < -0.4 is 5.32 Å². The molecule has 0 aromatic heterocycles. The molecule has 0 aromatic carbocycles. The molecule has 1 N–H and O–H groups in total. The maximum atomic E-state index is 12.1. The Hall–Kier alpha value is -0.610. The van der Waals surface area contributed by atoms with Crippen molar-refractivity contribution in [1.82, 2.24) is 10.2 Å². The molecule has 0 aromatic rings. The highest BCUT2D eigenvalue weighted by molar-refractivity contribution is 5.80. The molecule has 1 saturated carbocycles. The number of nitrogens with zero attached hydrogens (tertiary/aromatic N) is 1. The molecule has 1 saturated heterocycles. The van der Waals surface area contributed by atoms with Crippen molar-refractivity contribution in [1.29, 1.82) is 0 Å². The van der Waals surface area contributed by atoms with Crippen LogP contribution in [-0.4, -0.2) is 49.2 Å². The predicted molar refractivity (Wildman–Crippen MR) is 85.3 cm³/mol. The Bertz CT molecular complexity index is 344. The van der Waals surface area contributed by atoms with Gasteiger partial charge in [0.25, 0.3) is 0 Å². The van der Waals surface area contributed by atoms with Crippen LogP contribution in [0.25, 0.3) is 0 Å². The monoisotopic (exact) mass is 296 g/mol. The Morgan fingerprint density at radius 3 is 2.76 bits per heavy atom. The molecule has 2 fully saturated rings. The first kappa shape index (κ1) is 16.8. The molecule has 1 heterocycles. The number of likely N-dealkylation sites (tertiary alicyclic amines) is 1. The van der Waals surface area contributed by atoms with Crippen LogP contribution in [0.2, 0.25) is 0 Å². The van der Waals surface area contributed by atoms with Crippen molar-refractivity contribution in [3.63, 3.8) is 0 Å². The molecule has 1 aliphatic carbocycles. The molecule has 1 aliphatic heterocycles. The molecule has 2 unspecified atom stereocenters. The van der Waals surface area contributed by atoms with Gasteiger partial charge < -0.3 is 9.64 Å². The summed E-state index contributed by atoms with van der Waals surface area (Å²) in [6.07, 6.45) is 8.32. The Morgan fingerprint density at radius 2 is 2.14 bits per heavy atom. The third-order valence-electron chi connectivity index (χ3n) is 4.95. The predicted octanol–water partition coefficient (Wildman–Crippen LogP) is 2.57. The number of nitrogens with one attached hydrogen (secondary N) is 1. The molecule has 2 atom stereocenters. The average Bonchev–Trinajstić information content (AvgIpc) is 3.16. The minimum Gasteiger partial charge on any atom is -0.468 e. The molecule has 0 bridgehead atoms. The lowest BCUT2D eigenvalue weighted by molar-refractivity contribution is -0.148. The molecule has 0 amide bonds. The number of hydrogen-bond donors (Lipinski definition) is 1. The van der Waals surface area contributed by atoms with Gasteiger partial charge in [-0.15, -0.1) is 0 Å². The van der Waals surface area contributed by atoms with Crippen molar-refractivity contribution in [2.24, 2.45) is 5.92 Å². The SMILES string of the molecule is CCCC1CCN(CCCC(C)(NC2CC2)C(=O)OC)C1. The van der Waals surface area contributed by atoms with Crippen molar-refractivity contribution in [2.45, 2.75) is 70.4 Å². The Labute approximate surface area is 129 Å². The topological polar surface area (TPSA) is 41.6 Å². The molecule has 2 aliphatic rings. The number of carbonyl (C=O) groups excluding carboxylic acids is 1. The van der Waals surface area contributed by atoms with Gasteiger partial charge in [0.1, 0.15) is 5.54 Å². The first-order valence-corrected chi connectivity index (χ1v) is 8.66. The minimum atomic E-state index is -0.502. The summed E-state index contributed by atoms with van der Waals surface area (Å²) in [5.74, 6) is 0.784. The molecule has 2 rings (SSSR count). The fourth-order valence-corrected chi connectivity index (χ4v) is 3.55. The van der Waals surface area contributed by atoms with Crippen LogP contribution in [0.15, 0.2) is 0 Å². The first-order valence-electron chi connectivity index (χ1n) is 8.66. The lowest BCUT2D eigenvalue weighted by Crippen LogP contribution is -2.51. The highest BCUT2D eigenvalue weighted by Gasteiger charge is 2.39. The zero-order valence-corrected chi connectivity index (χ0v) is 14.0. The van der Waals surface area contributed by atoms with Crippen LogP contribution in [0.4, 0.5) is 0 Å². The summed E-state index contributed by atoms with van der Waals surface area (Å²) < 4.78 is 5.00. The van der Waals surface area contributed by atoms with Crippen molar-refractivity contribution in [3.8, 4) is 0 Å². The third kappa shape index (κ3) is 4.96. The molecule has 21 heavy (non-hydrogen) atoms. The van der Waals surface area contributed by atoms with E-state index in [9.17, 15) is 4.79 Å². The van der Waals surface area contributed by atoms with Crippen LogP contribution in [0.1, 0.15) is 58.8 Å². The molecule has 122 valence electrons. The molecule has 4 heteroatoms. The number of hydrogen-bond acceptors (Lipinski definition) is 4. The van der Waals surface area contributed by atoms with Gasteiger partial charge in [0.15, 0.2) is 0 Å². The maximum absolute atomic E-state index is 12.1. The summed E-state index contributed by atoms with van der Waals surface area (Å²) >= 11 is 0. The van der Waals surface area contributed by atoms with Gasteiger partial charge in [-0.25, -0.2) is 0 Å². The average molecular weight is 296 g/mol. The standard InChI is InChI=1S/C17H32N2O2/c1-4-6-14-9-12-19(13-14)11-5-10-17(2,16(20)21-3)18-15-7-8-15/h14-15,18H,4-13H2,1-3H3. The lowest BCUT2D eigenvalue weighted by atomic mass is 9.95. The van der Waals surface area contributed by atoms with Crippen LogP contribution in [0.3, 0.4) is 0 Å². The Morgan fingerprint density at radius 1 is 1.38 bits per heavy atom. The van der Waals surface area contributed by atoms with Gasteiger partial charge in [0.05, 0.1) is 7.11 Å². The van der Waals surface area contributed by atoms with E-state index in [1.165, 1.54) is 52.3 Å². The Balaban J connectivity index is 1.73. The van der Waals surface area contributed by atoms with E-state index in [4.69, 9.17) is 4.74 Å². The van der Waals surface area contributed by atoms with Crippen molar-refractivity contribution >= 4 is 5.97 Å². The van der Waals surface area contributed by atoms with E-state index < -0.39 is 5.54 Å². The number of carbonyl (C=O) groups is 1. The van der Waals surface area contributed by atoms with E-state index >= 15 is 0 Å². The van der Waals surface area contributed by atoms with Gasteiger partial charge in [-0.3, -0.25) is 10.1 Å². The maximum Gasteiger partial charge on any atom is 0.325 e. The highest BCUT2D eigenvalue weighted by atomic mass is 16.5. The van der Waals surface area contributed by atoms with Gasteiger partial charge in [0, 0.05) is 12.6 Å². The minimum absolute atomic E-state index is 0.111. The van der Waals surface area contributed by atoms with Crippen molar-refractivity contribution < 1.29 is 9.53 Å². The molecular weight excluding hydrogens is 264 g/mol. The van der Waals surface area contributed by atoms with Gasteiger partial charge in [-0.2, -0.15) is 0 Å². The summed E-state index contributed by atoms with van der Waals surface area (Å²) in [4.78, 5) is 14.6. The van der Waals surface area contributed by atoms with Gasteiger partial charge in [-0.05, 0) is 64.5 Å². The normalized spacial score (nSPS) is 25.8. The van der Waals surface area contributed by atoms with Crippen molar-refractivity contribution in [3.05, 3.63) is 0 Å². The fourth-order valence-electron chi connectivity index (χ4n) is 3.55. The van der Waals surface area contributed by atoms with E-state index in [1.807, 2.05) is 6.92 Å². The van der Waals surface area contributed by atoms with Crippen molar-refractivity contribution in [2.75, 3.05) is 26.7 Å². The summed E-state index contributed by atoms with van der Waals surface area (Å²) in [7, 11) is 1.49. The van der Waals surface area contributed by atoms with Crippen LogP contribution >= 0.6 is 0 Å². The summed E-state index contributed by atoms with van der Waals surface area (Å²) in [5, 5.41) is 3.48. The molecule has 4 nitrogen and oxygen atoms in total. The van der Waals surface area contributed by atoms with Crippen LogP contribution in [0, 0.1) is 5.92 Å².